The van der Waals surface area contributed by atoms with Crippen LogP contribution in [0.3, 0.4) is 0 Å². The molecule has 1 fully saturated rings. The lowest BCUT2D eigenvalue weighted by atomic mass is 10.0. The molecule has 1 N–H and O–H groups in total. The molecule has 2 aromatic rings. The van der Waals surface area contributed by atoms with Gasteiger partial charge in [0.2, 0.25) is 0 Å². The first-order valence-electron chi connectivity index (χ1n) is 8.17. The van der Waals surface area contributed by atoms with Crippen LogP contribution in [0.2, 0.25) is 0 Å². The lowest BCUT2D eigenvalue weighted by Gasteiger charge is -2.26. The van der Waals surface area contributed by atoms with Crippen molar-refractivity contribution in [2.75, 3.05) is 26.1 Å². The fraction of sp³-hybridized carbons (Fsp3) is 0.316. The number of nitrogens with zero attached hydrogens (tertiary/aromatic N) is 1. The molecule has 1 unspecified atom stereocenters. The molecular weight excluding hydrogens is 323 g/mol. The summed E-state index contributed by atoms with van der Waals surface area (Å²) in [6.45, 7) is 0.630. The van der Waals surface area contributed by atoms with Gasteiger partial charge in [0.05, 0.1) is 25.9 Å². The highest BCUT2D eigenvalue weighted by molar-refractivity contribution is 5.91. The van der Waals surface area contributed by atoms with Crippen molar-refractivity contribution in [3.8, 4) is 11.5 Å². The molecule has 132 valence electrons. The van der Waals surface area contributed by atoms with E-state index >= 15 is 0 Å². The highest BCUT2D eigenvalue weighted by atomic mass is 19.1. The molecule has 0 radical (unpaired) electrons. The van der Waals surface area contributed by atoms with Crippen molar-refractivity contribution in [3.05, 3.63) is 53.8 Å². The third-order valence-electron chi connectivity index (χ3n) is 4.40. The second-order valence-corrected chi connectivity index (χ2v) is 5.90. The molecule has 0 spiro atoms. The summed E-state index contributed by atoms with van der Waals surface area (Å²) in [6, 6.07) is 11.3. The lowest BCUT2D eigenvalue weighted by molar-refractivity contribution is 0.207. The first kappa shape index (κ1) is 17.1. The minimum atomic E-state index is -0.290. The Bertz CT molecular complexity index is 766. The van der Waals surface area contributed by atoms with Crippen molar-refractivity contribution in [2.45, 2.75) is 18.9 Å². The average Bonchev–Trinajstić information content (AvgIpc) is 3.12. The molecule has 25 heavy (non-hydrogen) atoms. The number of nitrogens with one attached hydrogen (secondary N) is 1. The molecule has 0 saturated carbocycles. The first-order valence-corrected chi connectivity index (χ1v) is 8.17. The van der Waals surface area contributed by atoms with Gasteiger partial charge in [-0.3, -0.25) is 0 Å². The summed E-state index contributed by atoms with van der Waals surface area (Å²) in [4.78, 5) is 14.5. The van der Waals surface area contributed by atoms with Crippen LogP contribution in [0.25, 0.3) is 0 Å². The molecule has 1 aliphatic rings. The molecule has 1 atom stereocenters. The summed E-state index contributed by atoms with van der Waals surface area (Å²) >= 11 is 0. The van der Waals surface area contributed by atoms with E-state index in [1.807, 2.05) is 6.07 Å². The molecule has 2 aromatic carbocycles. The molecule has 6 heteroatoms. The number of halogens is 1. The van der Waals surface area contributed by atoms with Gasteiger partial charge in [-0.15, -0.1) is 0 Å². The van der Waals surface area contributed by atoms with Crippen LogP contribution in [0.5, 0.6) is 11.5 Å². The fourth-order valence-corrected chi connectivity index (χ4v) is 3.16. The number of anilines is 1. The minimum Gasteiger partial charge on any atom is -0.497 e. The third-order valence-corrected chi connectivity index (χ3v) is 4.40. The van der Waals surface area contributed by atoms with Crippen molar-refractivity contribution >= 4 is 11.7 Å². The molecule has 5 nitrogen and oxygen atoms in total. The second-order valence-electron chi connectivity index (χ2n) is 5.90. The molecule has 2 amide bonds. The zero-order chi connectivity index (χ0) is 17.8. The maximum absolute atomic E-state index is 13.5. The van der Waals surface area contributed by atoms with Gasteiger partial charge in [-0.05, 0) is 42.7 Å². The zero-order valence-electron chi connectivity index (χ0n) is 14.3. The Balaban J connectivity index is 1.78. The molecule has 0 bridgehead atoms. The van der Waals surface area contributed by atoms with Crippen molar-refractivity contribution in [1.29, 1.82) is 0 Å². The minimum absolute atomic E-state index is 0.125. The summed E-state index contributed by atoms with van der Waals surface area (Å²) in [5.41, 5.74) is 1.38. The van der Waals surface area contributed by atoms with Gasteiger partial charge in [0.1, 0.15) is 17.3 Å². The van der Waals surface area contributed by atoms with Crippen LogP contribution in [0, 0.1) is 5.82 Å². The van der Waals surface area contributed by atoms with Gasteiger partial charge in [-0.25, -0.2) is 9.18 Å². The van der Waals surface area contributed by atoms with Crippen LogP contribution in [0.1, 0.15) is 24.4 Å². The van der Waals surface area contributed by atoms with Gasteiger partial charge in [-0.1, -0.05) is 12.1 Å². The summed E-state index contributed by atoms with van der Waals surface area (Å²) in [5.74, 6) is 0.879. The Morgan fingerprint density at radius 2 is 2.04 bits per heavy atom. The Labute approximate surface area is 146 Å². The van der Waals surface area contributed by atoms with Gasteiger partial charge < -0.3 is 19.7 Å². The number of amides is 2. The number of ether oxygens (including phenoxy) is 2. The van der Waals surface area contributed by atoms with E-state index in [4.69, 9.17) is 9.47 Å². The lowest BCUT2D eigenvalue weighted by Crippen LogP contribution is -2.34. The van der Waals surface area contributed by atoms with Gasteiger partial charge in [0, 0.05) is 12.6 Å². The van der Waals surface area contributed by atoms with E-state index in [1.54, 1.807) is 36.3 Å². The number of likely N-dealkylation sites (tertiary alicyclic amines) is 1. The van der Waals surface area contributed by atoms with Crippen molar-refractivity contribution in [2.24, 2.45) is 0 Å². The average molecular weight is 344 g/mol. The van der Waals surface area contributed by atoms with Crippen molar-refractivity contribution < 1.29 is 18.7 Å². The molecule has 0 aliphatic carbocycles. The van der Waals surface area contributed by atoms with E-state index in [-0.39, 0.29) is 17.9 Å². The zero-order valence-corrected chi connectivity index (χ0v) is 14.3. The number of urea groups is 1. The number of benzene rings is 2. The van der Waals surface area contributed by atoms with E-state index in [2.05, 4.69) is 5.32 Å². The second kappa shape index (κ2) is 7.42. The van der Waals surface area contributed by atoms with Crippen LogP contribution in [0.4, 0.5) is 14.9 Å². The summed E-state index contributed by atoms with van der Waals surface area (Å²) in [7, 11) is 3.11. The van der Waals surface area contributed by atoms with Gasteiger partial charge >= 0.3 is 6.03 Å². The topological polar surface area (TPSA) is 50.8 Å². The van der Waals surface area contributed by atoms with Gasteiger partial charge in [0.25, 0.3) is 0 Å². The Hall–Kier alpha value is -2.76. The number of hydrogen-bond acceptors (Lipinski definition) is 3. The Kier molecular flexibility index (Phi) is 5.07. The summed E-state index contributed by atoms with van der Waals surface area (Å²) in [6.07, 6.45) is 1.70. The highest BCUT2D eigenvalue weighted by Gasteiger charge is 2.30. The van der Waals surface area contributed by atoms with E-state index < -0.39 is 0 Å². The molecule has 1 heterocycles. The number of rotatable bonds is 4. The van der Waals surface area contributed by atoms with E-state index in [9.17, 15) is 9.18 Å². The molecule has 1 saturated heterocycles. The van der Waals surface area contributed by atoms with E-state index in [1.165, 1.54) is 19.2 Å². The fourth-order valence-electron chi connectivity index (χ4n) is 3.16. The molecule has 1 aliphatic heterocycles. The normalized spacial score (nSPS) is 16.6. The standard InChI is InChI=1S/C19H21FN2O3/c1-24-15-8-9-16(18(12-15)25-2)21-19(23)22-10-4-7-17(22)13-5-3-6-14(20)11-13/h3,5-6,8-9,11-12,17H,4,7,10H2,1-2H3,(H,21,23). The quantitative estimate of drug-likeness (QED) is 0.904. The highest BCUT2D eigenvalue weighted by Crippen LogP contribution is 2.34. The van der Waals surface area contributed by atoms with Crippen LogP contribution >= 0.6 is 0 Å². The van der Waals surface area contributed by atoms with Gasteiger partial charge in [-0.2, -0.15) is 0 Å². The first-order chi connectivity index (χ1) is 12.1. The monoisotopic (exact) mass is 344 g/mol. The number of carbonyl (C=O) groups excluding carboxylic acids is 1. The van der Waals surface area contributed by atoms with Crippen LogP contribution < -0.4 is 14.8 Å². The SMILES string of the molecule is COc1ccc(NC(=O)N2CCCC2c2cccc(F)c2)c(OC)c1. The predicted molar refractivity (Wildman–Crippen MR) is 93.6 cm³/mol. The molecular formula is C19H21FN2O3. The molecule has 0 aromatic heterocycles. The van der Waals surface area contributed by atoms with E-state index in [0.29, 0.717) is 23.7 Å². The maximum atomic E-state index is 13.5. The smallest absolute Gasteiger partial charge is 0.322 e. The number of carbonyl (C=O) groups is 1. The summed E-state index contributed by atoms with van der Waals surface area (Å²) < 4.78 is 24.0. The van der Waals surface area contributed by atoms with Crippen molar-refractivity contribution in [1.82, 2.24) is 4.90 Å². The Morgan fingerprint density at radius 1 is 1.20 bits per heavy atom. The largest absolute Gasteiger partial charge is 0.497 e. The Morgan fingerprint density at radius 3 is 2.76 bits per heavy atom. The number of methoxy groups -OCH3 is 2. The van der Waals surface area contributed by atoms with Crippen LogP contribution in [-0.2, 0) is 0 Å². The molecule has 3 rings (SSSR count). The number of hydrogen-bond donors (Lipinski definition) is 1. The van der Waals surface area contributed by atoms with Crippen LogP contribution in [0.15, 0.2) is 42.5 Å². The summed E-state index contributed by atoms with van der Waals surface area (Å²) in [5, 5.41) is 2.88. The van der Waals surface area contributed by atoms with Crippen LogP contribution in [-0.4, -0.2) is 31.7 Å². The van der Waals surface area contributed by atoms with Gasteiger partial charge in [0.15, 0.2) is 0 Å². The maximum Gasteiger partial charge on any atom is 0.322 e. The van der Waals surface area contributed by atoms with Crippen molar-refractivity contribution in [3.63, 3.8) is 0 Å². The predicted octanol–water partition coefficient (Wildman–Crippen LogP) is 4.21. The third kappa shape index (κ3) is 3.68. The van der Waals surface area contributed by atoms with E-state index in [0.717, 1.165) is 18.4 Å².